The zero-order valence-corrected chi connectivity index (χ0v) is 25.1. The predicted molar refractivity (Wildman–Crippen MR) is 164 cm³/mol. The van der Waals surface area contributed by atoms with Gasteiger partial charge in [-0.1, -0.05) is 53.2 Å². The van der Waals surface area contributed by atoms with Crippen LogP contribution in [-0.2, 0) is 13.0 Å². The van der Waals surface area contributed by atoms with Crippen LogP contribution in [0.1, 0.15) is 66.1 Å². The van der Waals surface area contributed by atoms with Crippen molar-refractivity contribution < 1.29 is 4.79 Å². The van der Waals surface area contributed by atoms with Crippen LogP contribution < -0.4 is 5.32 Å². The van der Waals surface area contributed by atoms with E-state index in [1.54, 1.807) is 6.33 Å². The summed E-state index contributed by atoms with van der Waals surface area (Å²) in [5.41, 5.74) is 7.51. The highest BCUT2D eigenvalue weighted by molar-refractivity contribution is 6.43. The van der Waals surface area contributed by atoms with Crippen molar-refractivity contribution in [2.24, 2.45) is 5.92 Å². The number of likely N-dealkylation sites (tertiary alicyclic amines) is 1. The summed E-state index contributed by atoms with van der Waals surface area (Å²) in [7, 11) is 1.89. The first kappa shape index (κ1) is 28.0. The van der Waals surface area contributed by atoms with E-state index in [2.05, 4.69) is 50.2 Å². The molecule has 1 N–H and O–H groups in total. The Morgan fingerprint density at radius 1 is 1.05 bits per heavy atom. The Balaban J connectivity index is 1.02. The molecule has 2 aliphatic carbocycles. The van der Waals surface area contributed by atoms with Crippen LogP contribution in [0.25, 0.3) is 11.3 Å². The number of amides is 2. The Kier molecular flexibility index (Phi) is 8.21. The van der Waals surface area contributed by atoms with E-state index in [-0.39, 0.29) is 12.1 Å². The summed E-state index contributed by atoms with van der Waals surface area (Å²) in [6.45, 7) is 4.27. The molecule has 8 heteroatoms. The first-order chi connectivity index (χ1) is 19.9. The zero-order chi connectivity index (χ0) is 28.5. The van der Waals surface area contributed by atoms with Crippen LogP contribution in [0, 0.1) is 24.7 Å². The van der Waals surface area contributed by atoms with E-state index in [0.29, 0.717) is 28.5 Å². The number of benzene rings is 2. The third kappa shape index (κ3) is 6.23. The molecule has 2 aromatic carbocycles. The van der Waals surface area contributed by atoms with E-state index in [4.69, 9.17) is 23.2 Å². The lowest BCUT2D eigenvalue weighted by molar-refractivity contribution is 0.106. The highest BCUT2D eigenvalue weighted by Gasteiger charge is 2.33. The number of nitrogens with one attached hydrogen (secondary N) is 1. The minimum Gasteiger partial charge on any atom is -0.334 e. The van der Waals surface area contributed by atoms with Crippen LogP contribution in [0.5, 0.6) is 0 Å². The minimum atomic E-state index is -0.0908. The van der Waals surface area contributed by atoms with Gasteiger partial charge in [0.2, 0.25) is 0 Å². The van der Waals surface area contributed by atoms with Gasteiger partial charge in [0, 0.05) is 61.5 Å². The van der Waals surface area contributed by atoms with Gasteiger partial charge in [-0.3, -0.25) is 4.90 Å². The lowest BCUT2D eigenvalue weighted by atomic mass is 9.98. The number of rotatable bonds is 5. The molecule has 3 aliphatic rings. The van der Waals surface area contributed by atoms with E-state index in [1.807, 2.05) is 37.1 Å². The molecule has 0 spiro atoms. The van der Waals surface area contributed by atoms with Gasteiger partial charge in [0.15, 0.2) is 0 Å². The number of fused-ring (bicyclic) bond motifs is 1. The van der Waals surface area contributed by atoms with Crippen molar-refractivity contribution in [2.75, 3.05) is 20.1 Å². The van der Waals surface area contributed by atoms with Crippen LogP contribution in [0.2, 0.25) is 10.0 Å². The number of aromatic nitrogens is 2. The van der Waals surface area contributed by atoms with E-state index in [0.717, 1.165) is 79.7 Å². The molecule has 212 valence electrons. The van der Waals surface area contributed by atoms with Crippen LogP contribution >= 0.6 is 23.2 Å². The summed E-state index contributed by atoms with van der Waals surface area (Å²) in [6.07, 6.45) is 8.09. The lowest BCUT2D eigenvalue weighted by Gasteiger charge is -2.39. The first-order valence-corrected chi connectivity index (χ1v) is 15.3. The molecule has 2 heterocycles. The quantitative estimate of drug-likeness (QED) is 0.333. The second-order valence-electron chi connectivity index (χ2n) is 11.5. The summed E-state index contributed by atoms with van der Waals surface area (Å²) < 4.78 is 0. The maximum atomic E-state index is 13.0. The van der Waals surface area contributed by atoms with Crippen molar-refractivity contribution >= 4 is 29.2 Å². The summed E-state index contributed by atoms with van der Waals surface area (Å²) in [5.74, 6) is 6.85. The maximum absolute atomic E-state index is 13.0. The molecule has 6 rings (SSSR count). The standard InChI is InChI=1S/C33H35Cl2N5O/c1-21-17-29(38-20-37-21)25-9-11-28-24(18-25)10-12-30(28)40-15-13-27(14-16-40)39(2)33(41)36-19-26-8-7-23(31(34)32(26)35)6-5-22-3-4-22/h7-9,11,17-18,20,22,27,30H,3-4,10,12-16,19H2,1-2H3,(H,36,41). The predicted octanol–water partition coefficient (Wildman–Crippen LogP) is 6.81. The van der Waals surface area contributed by atoms with Gasteiger partial charge in [-0.15, -0.1) is 0 Å². The van der Waals surface area contributed by atoms with Gasteiger partial charge >= 0.3 is 6.03 Å². The molecule has 1 saturated heterocycles. The Morgan fingerprint density at radius 2 is 1.85 bits per heavy atom. The van der Waals surface area contributed by atoms with E-state index >= 15 is 0 Å². The fourth-order valence-electron chi connectivity index (χ4n) is 6.02. The van der Waals surface area contributed by atoms with Crippen LogP contribution in [0.4, 0.5) is 4.79 Å². The second-order valence-corrected chi connectivity index (χ2v) is 12.2. The molecule has 0 bridgehead atoms. The van der Waals surface area contributed by atoms with Crippen molar-refractivity contribution in [3.8, 4) is 23.1 Å². The van der Waals surface area contributed by atoms with Crippen LogP contribution in [-0.4, -0.2) is 52.0 Å². The molecule has 1 aliphatic heterocycles. The number of piperidine rings is 1. The van der Waals surface area contributed by atoms with Crippen molar-refractivity contribution in [3.05, 3.63) is 80.7 Å². The molecule has 1 unspecified atom stereocenters. The van der Waals surface area contributed by atoms with Crippen LogP contribution in [0.3, 0.4) is 0 Å². The molecule has 1 aromatic heterocycles. The Bertz CT molecular complexity index is 1520. The smallest absolute Gasteiger partial charge is 0.317 e. The Morgan fingerprint density at radius 3 is 2.61 bits per heavy atom. The summed E-state index contributed by atoms with van der Waals surface area (Å²) in [5, 5.41) is 3.95. The molecule has 2 amide bonds. The molecular formula is C33H35Cl2N5O. The van der Waals surface area contributed by atoms with E-state index in [9.17, 15) is 4.79 Å². The van der Waals surface area contributed by atoms with Crippen molar-refractivity contribution in [1.82, 2.24) is 25.1 Å². The highest BCUT2D eigenvalue weighted by atomic mass is 35.5. The molecule has 6 nitrogen and oxygen atoms in total. The van der Waals surface area contributed by atoms with Gasteiger partial charge in [0.05, 0.1) is 15.7 Å². The summed E-state index contributed by atoms with van der Waals surface area (Å²) >= 11 is 13.0. The zero-order valence-electron chi connectivity index (χ0n) is 23.6. The van der Waals surface area contributed by atoms with Gasteiger partial charge in [-0.25, -0.2) is 14.8 Å². The summed E-state index contributed by atoms with van der Waals surface area (Å²) in [6, 6.07) is 13.2. The average Bonchev–Trinajstić information content (AvgIpc) is 3.73. The van der Waals surface area contributed by atoms with Gasteiger partial charge < -0.3 is 10.2 Å². The number of hydrogen-bond donors (Lipinski definition) is 1. The number of carbonyl (C=O) groups excluding carboxylic acids is 1. The third-order valence-electron chi connectivity index (χ3n) is 8.68. The molecule has 1 saturated carbocycles. The minimum absolute atomic E-state index is 0.0908. The highest BCUT2D eigenvalue weighted by Crippen LogP contribution is 2.39. The normalized spacial score (nSPS) is 18.9. The van der Waals surface area contributed by atoms with Crippen molar-refractivity contribution in [2.45, 2.75) is 64.1 Å². The molecular weight excluding hydrogens is 553 g/mol. The third-order valence-corrected chi connectivity index (χ3v) is 9.60. The van der Waals surface area contributed by atoms with Gasteiger partial charge in [0.25, 0.3) is 0 Å². The number of urea groups is 1. The van der Waals surface area contributed by atoms with Gasteiger partial charge in [-0.05, 0) is 80.3 Å². The average molecular weight is 589 g/mol. The number of halogens is 2. The fraction of sp³-hybridized carbons (Fsp3) is 0.424. The largest absolute Gasteiger partial charge is 0.334 e. The second kappa shape index (κ2) is 12.0. The van der Waals surface area contributed by atoms with E-state index < -0.39 is 0 Å². The molecule has 1 atom stereocenters. The molecule has 0 radical (unpaired) electrons. The number of aryl methyl sites for hydroxylation is 2. The molecule has 3 aromatic rings. The number of hydrogen-bond acceptors (Lipinski definition) is 4. The van der Waals surface area contributed by atoms with Crippen LogP contribution in [0.15, 0.2) is 42.7 Å². The first-order valence-electron chi connectivity index (χ1n) is 14.5. The lowest BCUT2D eigenvalue weighted by Crippen LogP contribution is -2.49. The maximum Gasteiger partial charge on any atom is 0.317 e. The van der Waals surface area contributed by atoms with E-state index in [1.165, 1.54) is 11.1 Å². The topological polar surface area (TPSA) is 61.4 Å². The molecule has 41 heavy (non-hydrogen) atoms. The van der Waals surface area contributed by atoms with Gasteiger partial charge in [0.1, 0.15) is 6.33 Å². The molecule has 2 fully saturated rings. The monoisotopic (exact) mass is 587 g/mol. The number of nitrogens with zero attached hydrogens (tertiary/aromatic N) is 4. The van der Waals surface area contributed by atoms with Gasteiger partial charge in [-0.2, -0.15) is 0 Å². The Labute approximate surface area is 252 Å². The number of carbonyl (C=O) groups is 1. The van der Waals surface area contributed by atoms with Crippen molar-refractivity contribution in [1.29, 1.82) is 0 Å². The Hall–Kier alpha value is -3.11. The van der Waals surface area contributed by atoms with Crippen molar-refractivity contribution in [3.63, 3.8) is 0 Å². The SMILES string of the molecule is Cc1cc(-c2ccc3c(c2)CCC3N2CCC(N(C)C(=O)NCc3ccc(C#CC4CC4)c(Cl)c3Cl)CC2)ncn1. The summed E-state index contributed by atoms with van der Waals surface area (Å²) in [4.78, 5) is 26.2. The fourth-order valence-corrected chi connectivity index (χ4v) is 6.49.